The summed E-state index contributed by atoms with van der Waals surface area (Å²) in [6, 6.07) is 4.01. The van der Waals surface area contributed by atoms with Crippen LogP contribution < -0.4 is 4.74 Å². The Kier molecular flexibility index (Phi) is 4.41. The SMILES string of the molecule is COc1ncccc1CN1C[C@@H]2C[C@H](CC(=O)N3CCC3)O[C@@H]2C1. The molecule has 0 bridgehead atoms. The third-order valence-corrected chi connectivity index (χ3v) is 5.44. The maximum absolute atomic E-state index is 12.1. The summed E-state index contributed by atoms with van der Waals surface area (Å²) < 4.78 is 11.5. The van der Waals surface area contributed by atoms with Crippen molar-refractivity contribution in [1.82, 2.24) is 14.8 Å². The number of nitrogens with zero attached hydrogens (tertiary/aromatic N) is 3. The highest BCUT2D eigenvalue weighted by Crippen LogP contribution is 2.35. The molecule has 0 unspecified atom stereocenters. The van der Waals surface area contributed by atoms with Gasteiger partial charge in [0.1, 0.15) is 0 Å². The van der Waals surface area contributed by atoms with Gasteiger partial charge in [-0.15, -0.1) is 0 Å². The second kappa shape index (κ2) is 6.69. The number of amides is 1. The molecule has 6 nitrogen and oxygen atoms in total. The van der Waals surface area contributed by atoms with Gasteiger partial charge in [0, 0.05) is 50.4 Å². The van der Waals surface area contributed by atoms with Crippen LogP contribution in [0.3, 0.4) is 0 Å². The fourth-order valence-electron chi connectivity index (χ4n) is 4.07. The van der Waals surface area contributed by atoms with Crippen molar-refractivity contribution in [1.29, 1.82) is 0 Å². The molecule has 3 atom stereocenters. The van der Waals surface area contributed by atoms with Crippen LogP contribution >= 0.6 is 0 Å². The second-order valence-corrected chi connectivity index (χ2v) is 7.10. The van der Waals surface area contributed by atoms with Crippen LogP contribution in [-0.4, -0.2) is 66.2 Å². The largest absolute Gasteiger partial charge is 0.481 e. The van der Waals surface area contributed by atoms with Crippen LogP contribution in [0.1, 0.15) is 24.8 Å². The number of hydrogen-bond donors (Lipinski definition) is 0. The molecule has 3 saturated heterocycles. The maximum atomic E-state index is 12.1. The maximum Gasteiger partial charge on any atom is 0.225 e. The summed E-state index contributed by atoms with van der Waals surface area (Å²) in [7, 11) is 1.66. The van der Waals surface area contributed by atoms with E-state index in [1.54, 1.807) is 13.3 Å². The van der Waals surface area contributed by atoms with Crippen molar-refractivity contribution >= 4 is 5.91 Å². The molecule has 4 heterocycles. The molecule has 0 spiro atoms. The van der Waals surface area contributed by atoms with Crippen molar-refractivity contribution in [3.63, 3.8) is 0 Å². The Hall–Kier alpha value is -1.66. The Morgan fingerprint density at radius 1 is 1.42 bits per heavy atom. The average Bonchev–Trinajstić information content (AvgIpc) is 3.03. The van der Waals surface area contributed by atoms with Gasteiger partial charge in [0.15, 0.2) is 0 Å². The third-order valence-electron chi connectivity index (χ3n) is 5.44. The highest BCUT2D eigenvalue weighted by molar-refractivity contribution is 5.77. The number of fused-ring (bicyclic) bond motifs is 1. The summed E-state index contributed by atoms with van der Waals surface area (Å²) in [6.07, 6.45) is 4.85. The predicted molar refractivity (Wildman–Crippen MR) is 88.6 cm³/mol. The highest BCUT2D eigenvalue weighted by atomic mass is 16.5. The van der Waals surface area contributed by atoms with Crippen LogP contribution in [0.4, 0.5) is 0 Å². The Morgan fingerprint density at radius 3 is 3.00 bits per heavy atom. The number of aromatic nitrogens is 1. The molecule has 4 rings (SSSR count). The quantitative estimate of drug-likeness (QED) is 0.814. The van der Waals surface area contributed by atoms with Crippen molar-refractivity contribution < 1.29 is 14.3 Å². The smallest absolute Gasteiger partial charge is 0.225 e. The van der Waals surface area contributed by atoms with E-state index in [1.807, 2.05) is 11.0 Å². The standard InChI is InChI=1S/C18H25N3O3/c1-23-18-13(4-2-5-19-18)10-20-11-14-8-15(24-16(14)12-20)9-17(22)21-6-3-7-21/h2,4-5,14-16H,3,6-12H2,1H3/t14-,15+,16+/m0/s1. The van der Waals surface area contributed by atoms with Gasteiger partial charge in [-0.05, 0) is 18.9 Å². The van der Waals surface area contributed by atoms with Gasteiger partial charge in [-0.3, -0.25) is 9.69 Å². The lowest BCUT2D eigenvalue weighted by Crippen LogP contribution is -2.43. The molecule has 0 aromatic carbocycles. The van der Waals surface area contributed by atoms with Gasteiger partial charge in [0.25, 0.3) is 0 Å². The van der Waals surface area contributed by atoms with E-state index in [2.05, 4.69) is 16.0 Å². The first-order chi connectivity index (χ1) is 11.7. The van der Waals surface area contributed by atoms with Crippen LogP contribution in [0.5, 0.6) is 5.88 Å². The third kappa shape index (κ3) is 3.13. The van der Waals surface area contributed by atoms with Crippen molar-refractivity contribution in [2.24, 2.45) is 5.92 Å². The second-order valence-electron chi connectivity index (χ2n) is 7.10. The van der Waals surface area contributed by atoms with E-state index >= 15 is 0 Å². The minimum Gasteiger partial charge on any atom is -0.481 e. The molecule has 24 heavy (non-hydrogen) atoms. The van der Waals surface area contributed by atoms with Gasteiger partial charge < -0.3 is 14.4 Å². The lowest BCUT2D eigenvalue weighted by Gasteiger charge is -2.31. The van der Waals surface area contributed by atoms with Crippen LogP contribution in [0.15, 0.2) is 18.3 Å². The van der Waals surface area contributed by atoms with Crippen LogP contribution in [-0.2, 0) is 16.1 Å². The van der Waals surface area contributed by atoms with E-state index in [0.717, 1.165) is 51.1 Å². The number of ether oxygens (including phenoxy) is 2. The molecule has 3 aliphatic heterocycles. The molecule has 0 saturated carbocycles. The van der Waals surface area contributed by atoms with Crippen molar-refractivity contribution in [2.75, 3.05) is 33.3 Å². The van der Waals surface area contributed by atoms with Crippen molar-refractivity contribution in [2.45, 2.75) is 38.0 Å². The van der Waals surface area contributed by atoms with Gasteiger partial charge in [-0.1, -0.05) is 6.07 Å². The zero-order valence-corrected chi connectivity index (χ0v) is 14.2. The fourth-order valence-corrected chi connectivity index (χ4v) is 4.07. The van der Waals surface area contributed by atoms with Crippen molar-refractivity contribution in [3.05, 3.63) is 23.9 Å². The summed E-state index contributed by atoms with van der Waals surface area (Å²) in [5.41, 5.74) is 1.12. The monoisotopic (exact) mass is 331 g/mol. The van der Waals surface area contributed by atoms with Crippen LogP contribution in [0.25, 0.3) is 0 Å². The number of methoxy groups -OCH3 is 1. The Morgan fingerprint density at radius 2 is 2.29 bits per heavy atom. The summed E-state index contributed by atoms with van der Waals surface area (Å²) in [5.74, 6) is 1.51. The molecule has 1 amide bonds. The van der Waals surface area contributed by atoms with Crippen molar-refractivity contribution in [3.8, 4) is 5.88 Å². The number of likely N-dealkylation sites (tertiary alicyclic amines) is 2. The summed E-state index contributed by atoms with van der Waals surface area (Å²) in [5, 5.41) is 0. The summed E-state index contributed by atoms with van der Waals surface area (Å²) >= 11 is 0. The zero-order chi connectivity index (χ0) is 16.5. The van der Waals surface area contributed by atoms with Crippen LogP contribution in [0, 0.1) is 5.92 Å². The number of carbonyl (C=O) groups is 1. The van der Waals surface area contributed by atoms with Gasteiger partial charge in [-0.2, -0.15) is 0 Å². The molecule has 0 radical (unpaired) electrons. The first-order valence-electron chi connectivity index (χ1n) is 8.86. The Balaban J connectivity index is 1.29. The zero-order valence-electron chi connectivity index (χ0n) is 14.2. The number of carbonyl (C=O) groups excluding carboxylic acids is 1. The van der Waals surface area contributed by atoms with Gasteiger partial charge in [0.2, 0.25) is 11.8 Å². The van der Waals surface area contributed by atoms with E-state index in [0.29, 0.717) is 18.2 Å². The average molecular weight is 331 g/mol. The van der Waals surface area contributed by atoms with Gasteiger partial charge >= 0.3 is 0 Å². The van der Waals surface area contributed by atoms with E-state index < -0.39 is 0 Å². The normalized spacial score (nSPS) is 29.4. The van der Waals surface area contributed by atoms with Gasteiger partial charge in [0.05, 0.1) is 25.7 Å². The molecule has 3 aliphatic rings. The summed E-state index contributed by atoms with van der Waals surface area (Å²) in [4.78, 5) is 20.7. The molecule has 130 valence electrons. The van der Waals surface area contributed by atoms with Crippen LogP contribution in [0.2, 0.25) is 0 Å². The minimum absolute atomic E-state index is 0.114. The first kappa shape index (κ1) is 15.8. The first-order valence-corrected chi connectivity index (χ1v) is 8.86. The number of pyridine rings is 1. The number of hydrogen-bond acceptors (Lipinski definition) is 5. The Bertz CT molecular complexity index is 591. The fraction of sp³-hybridized carbons (Fsp3) is 0.667. The molecule has 0 N–H and O–H groups in total. The van der Waals surface area contributed by atoms with E-state index in [4.69, 9.17) is 9.47 Å². The lowest BCUT2D eigenvalue weighted by atomic mass is 10.0. The molecular weight excluding hydrogens is 306 g/mol. The van der Waals surface area contributed by atoms with E-state index in [1.165, 1.54) is 0 Å². The molecule has 1 aromatic heterocycles. The lowest BCUT2D eigenvalue weighted by molar-refractivity contribution is -0.137. The molecule has 6 heteroatoms. The molecule has 3 fully saturated rings. The molecule has 1 aromatic rings. The molecular formula is C18H25N3O3. The summed E-state index contributed by atoms with van der Waals surface area (Å²) in [6.45, 7) is 4.65. The predicted octanol–water partition coefficient (Wildman–Crippen LogP) is 1.30. The number of rotatable bonds is 5. The van der Waals surface area contributed by atoms with E-state index in [-0.39, 0.29) is 18.1 Å². The minimum atomic E-state index is 0.114. The van der Waals surface area contributed by atoms with Gasteiger partial charge in [-0.25, -0.2) is 4.98 Å². The topological polar surface area (TPSA) is 54.9 Å². The molecule has 0 aliphatic carbocycles. The highest BCUT2D eigenvalue weighted by Gasteiger charge is 2.42. The Labute approximate surface area is 142 Å². The van der Waals surface area contributed by atoms with E-state index in [9.17, 15) is 4.79 Å².